The number of fused-ring (bicyclic) bond motifs is 2. The molecule has 2 atom stereocenters. The average Bonchev–Trinajstić information content (AvgIpc) is 3.22. The first-order valence-electron chi connectivity index (χ1n) is 8.38. The van der Waals surface area contributed by atoms with Crippen LogP contribution in [0, 0.1) is 0 Å². The summed E-state index contributed by atoms with van der Waals surface area (Å²) in [6.45, 7) is 1.67. The predicted octanol–water partition coefficient (Wildman–Crippen LogP) is 1.45. The van der Waals surface area contributed by atoms with E-state index in [0.717, 1.165) is 25.2 Å². The second-order valence-electron chi connectivity index (χ2n) is 6.64. The number of nitrogens with one attached hydrogen (secondary N) is 3. The lowest BCUT2D eigenvalue weighted by molar-refractivity contribution is -0.118. The van der Waals surface area contributed by atoms with E-state index in [9.17, 15) is 9.59 Å². The minimum Gasteiger partial charge on any atom is -0.373 e. The summed E-state index contributed by atoms with van der Waals surface area (Å²) in [4.78, 5) is 24.1. The standard InChI is InChI=1S/C19H20N4O2/c20-17(24)12-5-7-13(8-6-12)22-18(25)16-19(9-10-21-11-19)14-3-1-2-4-15(14)23-16/h1-8,16,21,23H,9-11H2,(H2,20,24)(H,22,25). The molecule has 0 aliphatic carbocycles. The number of rotatable bonds is 3. The van der Waals surface area contributed by atoms with Gasteiger partial charge in [-0.2, -0.15) is 0 Å². The fraction of sp³-hybridized carbons (Fsp3) is 0.263. The number of anilines is 2. The number of hydrogen-bond donors (Lipinski definition) is 4. The van der Waals surface area contributed by atoms with E-state index in [-0.39, 0.29) is 17.4 Å². The molecule has 0 aromatic heterocycles. The van der Waals surface area contributed by atoms with Crippen molar-refractivity contribution in [1.82, 2.24) is 5.32 Å². The molecular formula is C19H20N4O2. The summed E-state index contributed by atoms with van der Waals surface area (Å²) < 4.78 is 0. The number of amides is 2. The zero-order valence-electron chi connectivity index (χ0n) is 13.7. The molecule has 25 heavy (non-hydrogen) atoms. The van der Waals surface area contributed by atoms with Gasteiger partial charge in [-0.3, -0.25) is 9.59 Å². The van der Waals surface area contributed by atoms with E-state index in [2.05, 4.69) is 22.0 Å². The second-order valence-corrected chi connectivity index (χ2v) is 6.64. The zero-order valence-corrected chi connectivity index (χ0v) is 13.7. The molecule has 1 saturated heterocycles. The molecule has 1 fully saturated rings. The van der Waals surface area contributed by atoms with Crippen LogP contribution in [-0.4, -0.2) is 30.9 Å². The number of hydrogen-bond acceptors (Lipinski definition) is 4. The largest absolute Gasteiger partial charge is 0.373 e. The van der Waals surface area contributed by atoms with E-state index in [1.54, 1.807) is 24.3 Å². The van der Waals surface area contributed by atoms with Gasteiger partial charge in [-0.25, -0.2) is 0 Å². The Labute approximate surface area is 145 Å². The van der Waals surface area contributed by atoms with Crippen LogP contribution in [0.25, 0.3) is 0 Å². The molecule has 128 valence electrons. The molecule has 6 heteroatoms. The topological polar surface area (TPSA) is 96.2 Å². The van der Waals surface area contributed by atoms with Crippen molar-refractivity contribution in [3.63, 3.8) is 0 Å². The van der Waals surface area contributed by atoms with Gasteiger partial charge in [0.05, 0.1) is 0 Å². The number of nitrogens with two attached hydrogens (primary N) is 1. The molecule has 2 aromatic rings. The minimum absolute atomic E-state index is 0.0771. The minimum atomic E-state index is -0.484. The molecule has 2 amide bonds. The zero-order chi connectivity index (χ0) is 17.4. The molecule has 0 saturated carbocycles. The lowest BCUT2D eigenvalue weighted by atomic mass is 9.75. The smallest absolute Gasteiger partial charge is 0.248 e. The highest BCUT2D eigenvalue weighted by molar-refractivity contribution is 6.00. The highest BCUT2D eigenvalue weighted by Crippen LogP contribution is 2.45. The third-order valence-electron chi connectivity index (χ3n) is 5.20. The van der Waals surface area contributed by atoms with Crippen molar-refractivity contribution in [2.75, 3.05) is 23.7 Å². The van der Waals surface area contributed by atoms with Gasteiger partial charge in [0.2, 0.25) is 11.8 Å². The van der Waals surface area contributed by atoms with Gasteiger partial charge in [-0.1, -0.05) is 18.2 Å². The van der Waals surface area contributed by atoms with E-state index < -0.39 is 5.91 Å². The van der Waals surface area contributed by atoms with Gasteiger partial charge >= 0.3 is 0 Å². The maximum atomic E-state index is 13.0. The van der Waals surface area contributed by atoms with Crippen molar-refractivity contribution in [2.24, 2.45) is 5.73 Å². The lowest BCUT2D eigenvalue weighted by Crippen LogP contribution is -2.48. The first kappa shape index (κ1) is 15.7. The summed E-state index contributed by atoms with van der Waals surface area (Å²) in [5, 5.41) is 9.74. The molecule has 2 aliphatic rings. The van der Waals surface area contributed by atoms with Gasteiger partial charge < -0.3 is 21.7 Å². The number of benzene rings is 2. The quantitative estimate of drug-likeness (QED) is 0.682. The van der Waals surface area contributed by atoms with Crippen LogP contribution in [0.15, 0.2) is 48.5 Å². The maximum Gasteiger partial charge on any atom is 0.248 e. The molecule has 2 heterocycles. The molecule has 0 bridgehead atoms. The van der Waals surface area contributed by atoms with E-state index in [1.165, 1.54) is 5.56 Å². The van der Waals surface area contributed by atoms with E-state index in [4.69, 9.17) is 5.73 Å². The first-order chi connectivity index (χ1) is 12.1. The molecule has 1 spiro atoms. The predicted molar refractivity (Wildman–Crippen MR) is 96.6 cm³/mol. The Kier molecular flexibility index (Phi) is 3.69. The van der Waals surface area contributed by atoms with Gasteiger partial charge in [-0.15, -0.1) is 0 Å². The van der Waals surface area contributed by atoms with Crippen molar-refractivity contribution < 1.29 is 9.59 Å². The third-order valence-corrected chi connectivity index (χ3v) is 5.20. The Morgan fingerprint density at radius 1 is 1.12 bits per heavy atom. The van der Waals surface area contributed by atoms with Crippen LogP contribution < -0.4 is 21.7 Å². The molecule has 0 radical (unpaired) electrons. The molecule has 2 aromatic carbocycles. The summed E-state index contributed by atoms with van der Waals surface area (Å²) in [5.74, 6) is -0.562. The molecule has 6 nitrogen and oxygen atoms in total. The van der Waals surface area contributed by atoms with Crippen LogP contribution in [0.2, 0.25) is 0 Å². The van der Waals surface area contributed by atoms with E-state index in [0.29, 0.717) is 11.3 Å². The van der Waals surface area contributed by atoms with E-state index >= 15 is 0 Å². The fourth-order valence-electron chi connectivity index (χ4n) is 3.93. The molecule has 4 rings (SSSR count). The summed E-state index contributed by atoms with van der Waals surface area (Å²) in [6.07, 6.45) is 0.912. The van der Waals surface area contributed by atoms with Gasteiger partial charge in [0, 0.05) is 28.9 Å². The normalized spacial score (nSPS) is 23.9. The molecule has 2 unspecified atom stereocenters. The number of para-hydroxylation sites is 1. The Morgan fingerprint density at radius 2 is 1.88 bits per heavy atom. The van der Waals surface area contributed by atoms with Gasteiger partial charge in [0.1, 0.15) is 6.04 Å². The maximum absolute atomic E-state index is 13.0. The molecule has 5 N–H and O–H groups in total. The van der Waals surface area contributed by atoms with Crippen molar-refractivity contribution in [1.29, 1.82) is 0 Å². The van der Waals surface area contributed by atoms with Crippen molar-refractivity contribution in [3.05, 3.63) is 59.7 Å². The summed E-state index contributed by atoms with van der Waals surface area (Å²) in [7, 11) is 0. The number of carbonyl (C=O) groups is 2. The summed E-state index contributed by atoms with van der Waals surface area (Å²) >= 11 is 0. The van der Waals surface area contributed by atoms with Crippen molar-refractivity contribution in [3.8, 4) is 0 Å². The lowest BCUT2D eigenvalue weighted by Gasteiger charge is -2.29. The Bertz CT molecular complexity index is 826. The van der Waals surface area contributed by atoms with Crippen LogP contribution in [0.1, 0.15) is 22.3 Å². The van der Waals surface area contributed by atoms with Crippen LogP contribution in [0.3, 0.4) is 0 Å². The second kappa shape index (κ2) is 5.89. The van der Waals surface area contributed by atoms with Crippen LogP contribution in [0.5, 0.6) is 0 Å². The summed E-state index contributed by atoms with van der Waals surface area (Å²) in [5.41, 5.74) is 8.31. The van der Waals surface area contributed by atoms with Crippen molar-refractivity contribution in [2.45, 2.75) is 17.9 Å². The van der Waals surface area contributed by atoms with Gasteiger partial charge in [0.15, 0.2) is 0 Å². The van der Waals surface area contributed by atoms with Crippen LogP contribution in [-0.2, 0) is 10.2 Å². The van der Waals surface area contributed by atoms with Crippen LogP contribution in [0.4, 0.5) is 11.4 Å². The van der Waals surface area contributed by atoms with Gasteiger partial charge in [0.25, 0.3) is 0 Å². The summed E-state index contributed by atoms with van der Waals surface area (Å²) in [6, 6.07) is 14.4. The monoisotopic (exact) mass is 336 g/mol. The molecular weight excluding hydrogens is 316 g/mol. The number of carbonyl (C=O) groups excluding carboxylic acids is 2. The Morgan fingerprint density at radius 3 is 2.56 bits per heavy atom. The first-order valence-corrected chi connectivity index (χ1v) is 8.38. The highest BCUT2D eigenvalue weighted by Gasteiger charge is 2.51. The average molecular weight is 336 g/mol. The Balaban J connectivity index is 1.59. The van der Waals surface area contributed by atoms with Crippen molar-refractivity contribution >= 4 is 23.2 Å². The van der Waals surface area contributed by atoms with Gasteiger partial charge in [-0.05, 0) is 48.9 Å². The SMILES string of the molecule is NC(=O)c1ccc(NC(=O)C2Nc3ccccc3C23CCNC3)cc1. The molecule has 2 aliphatic heterocycles. The number of primary amides is 1. The van der Waals surface area contributed by atoms with E-state index in [1.807, 2.05) is 18.2 Å². The fourth-order valence-corrected chi connectivity index (χ4v) is 3.93. The highest BCUT2D eigenvalue weighted by atomic mass is 16.2. The van der Waals surface area contributed by atoms with Crippen LogP contribution >= 0.6 is 0 Å². The third kappa shape index (κ3) is 2.55. The Hall–Kier alpha value is -2.86.